The molecule has 0 radical (unpaired) electrons. The van der Waals surface area contributed by atoms with Crippen LogP contribution in [0.1, 0.15) is 25.3 Å². The third-order valence-electron chi connectivity index (χ3n) is 3.80. The first-order valence-corrected chi connectivity index (χ1v) is 7.06. The van der Waals surface area contributed by atoms with E-state index in [1.54, 1.807) is 6.07 Å². The van der Waals surface area contributed by atoms with Crippen molar-refractivity contribution in [1.29, 1.82) is 5.26 Å². The van der Waals surface area contributed by atoms with Crippen LogP contribution in [0.15, 0.2) is 18.2 Å². The Labute approximate surface area is 123 Å². The molecule has 112 valence electrons. The van der Waals surface area contributed by atoms with Crippen molar-refractivity contribution in [3.8, 4) is 11.8 Å². The fourth-order valence-electron chi connectivity index (χ4n) is 2.42. The van der Waals surface area contributed by atoms with Crippen molar-refractivity contribution < 1.29 is 9.66 Å². The molecule has 1 aromatic rings. The van der Waals surface area contributed by atoms with Crippen LogP contribution < -0.4 is 10.1 Å². The number of benzene rings is 1. The Hall–Kier alpha value is -2.13. The van der Waals surface area contributed by atoms with E-state index >= 15 is 0 Å². The lowest BCUT2D eigenvalue weighted by Gasteiger charge is -2.27. The second-order valence-electron chi connectivity index (χ2n) is 5.38. The van der Waals surface area contributed by atoms with E-state index in [0.717, 1.165) is 18.4 Å². The molecule has 0 spiro atoms. The quantitative estimate of drug-likeness (QED) is 0.615. The Balaban J connectivity index is 2.16. The summed E-state index contributed by atoms with van der Waals surface area (Å²) in [7, 11) is 0. The van der Waals surface area contributed by atoms with E-state index in [0.29, 0.717) is 18.2 Å². The van der Waals surface area contributed by atoms with Crippen LogP contribution >= 0.6 is 0 Å². The summed E-state index contributed by atoms with van der Waals surface area (Å²) in [5, 5.41) is 23.6. The smallest absolute Gasteiger partial charge is 0.273 e. The summed E-state index contributed by atoms with van der Waals surface area (Å²) in [6.45, 7) is 4.66. The molecule has 1 fully saturated rings. The van der Waals surface area contributed by atoms with Crippen LogP contribution in [0.4, 0.5) is 5.69 Å². The van der Waals surface area contributed by atoms with E-state index < -0.39 is 10.5 Å². The van der Waals surface area contributed by atoms with Gasteiger partial charge >= 0.3 is 0 Å². The monoisotopic (exact) mass is 289 g/mol. The Bertz CT molecular complexity index is 578. The Morgan fingerprint density at radius 2 is 2.29 bits per heavy atom. The summed E-state index contributed by atoms with van der Waals surface area (Å²) in [6.07, 6.45) is 2.02. The van der Waals surface area contributed by atoms with Crippen LogP contribution in [0.2, 0.25) is 0 Å². The molecule has 6 nitrogen and oxygen atoms in total. The van der Waals surface area contributed by atoms with Crippen LogP contribution in [0.25, 0.3) is 0 Å². The van der Waals surface area contributed by atoms with Gasteiger partial charge in [0.05, 0.1) is 17.1 Å². The molecule has 1 N–H and O–H groups in total. The van der Waals surface area contributed by atoms with Crippen molar-refractivity contribution in [2.45, 2.75) is 32.2 Å². The van der Waals surface area contributed by atoms with E-state index in [4.69, 9.17) is 4.74 Å². The van der Waals surface area contributed by atoms with Crippen molar-refractivity contribution >= 4 is 5.69 Å². The largest absolute Gasteiger partial charge is 0.490 e. The van der Waals surface area contributed by atoms with Gasteiger partial charge in [0.2, 0.25) is 0 Å². The molecule has 1 aliphatic carbocycles. The van der Waals surface area contributed by atoms with Gasteiger partial charge in [0, 0.05) is 6.07 Å². The molecule has 0 amide bonds. The maximum atomic E-state index is 10.8. The molecule has 0 bridgehead atoms. The number of nitrogens with one attached hydrogen (secondary N) is 1. The number of rotatable bonds is 7. The molecular formula is C15H19N3O3. The Morgan fingerprint density at radius 3 is 2.81 bits per heavy atom. The first kappa shape index (κ1) is 15.3. The normalized spacial score (nSPS) is 16.8. The van der Waals surface area contributed by atoms with Crippen LogP contribution in [-0.4, -0.2) is 23.6 Å². The number of non-ortho nitro benzene ring substituents is 1. The predicted molar refractivity (Wildman–Crippen MR) is 78.1 cm³/mol. The number of nitro groups is 1. The van der Waals surface area contributed by atoms with Crippen LogP contribution in [0.3, 0.4) is 0 Å². The fraction of sp³-hybridized carbons (Fsp3) is 0.533. The molecule has 1 unspecified atom stereocenters. The summed E-state index contributed by atoms with van der Waals surface area (Å²) in [5.74, 6) is 0.754. The predicted octanol–water partition coefficient (Wildman–Crippen LogP) is 2.56. The zero-order chi connectivity index (χ0) is 15.5. The zero-order valence-electron chi connectivity index (χ0n) is 12.3. The van der Waals surface area contributed by atoms with Gasteiger partial charge in [0.15, 0.2) is 0 Å². The number of ether oxygens (including phenoxy) is 1. The summed E-state index contributed by atoms with van der Waals surface area (Å²) in [4.78, 5) is 10.4. The van der Waals surface area contributed by atoms with Crippen molar-refractivity contribution in [2.24, 2.45) is 5.92 Å². The van der Waals surface area contributed by atoms with Crippen molar-refractivity contribution in [3.63, 3.8) is 0 Å². The van der Waals surface area contributed by atoms with Crippen LogP contribution in [0, 0.1) is 34.3 Å². The van der Waals surface area contributed by atoms with Gasteiger partial charge in [-0.1, -0.05) is 6.92 Å². The van der Waals surface area contributed by atoms with Gasteiger partial charge in [-0.3, -0.25) is 15.4 Å². The first-order valence-electron chi connectivity index (χ1n) is 7.06. The molecule has 0 aliphatic heterocycles. The third-order valence-corrected chi connectivity index (χ3v) is 3.80. The lowest BCUT2D eigenvalue weighted by Crippen LogP contribution is -2.50. The average Bonchev–Trinajstić information content (AvgIpc) is 3.29. The van der Waals surface area contributed by atoms with E-state index in [1.165, 1.54) is 12.1 Å². The number of hydrogen-bond acceptors (Lipinski definition) is 5. The fourth-order valence-corrected chi connectivity index (χ4v) is 2.42. The number of hydrogen-bond donors (Lipinski definition) is 1. The Morgan fingerprint density at radius 1 is 1.57 bits per heavy atom. The van der Waals surface area contributed by atoms with E-state index in [1.807, 2.05) is 13.8 Å². The average molecular weight is 289 g/mol. The second-order valence-corrected chi connectivity index (χ2v) is 5.38. The molecule has 0 saturated heterocycles. The molecule has 1 atom stereocenters. The van der Waals surface area contributed by atoms with Gasteiger partial charge in [-0.15, -0.1) is 0 Å². The van der Waals surface area contributed by atoms with Gasteiger partial charge in [-0.05, 0) is 43.9 Å². The highest BCUT2D eigenvalue weighted by Gasteiger charge is 2.46. The highest BCUT2D eigenvalue weighted by Crippen LogP contribution is 2.40. The lowest BCUT2D eigenvalue weighted by atomic mass is 9.96. The van der Waals surface area contributed by atoms with Crippen molar-refractivity contribution in [1.82, 2.24) is 5.32 Å². The highest BCUT2D eigenvalue weighted by molar-refractivity contribution is 5.43. The SMILES string of the molecule is CCNC(C#N)(COc1cc([N+](=O)[O-])ccc1C)C1CC1. The van der Waals surface area contributed by atoms with Gasteiger partial charge in [0.1, 0.15) is 17.9 Å². The number of likely N-dealkylation sites (N-methyl/N-ethyl adjacent to an activating group) is 1. The topological polar surface area (TPSA) is 88.2 Å². The van der Waals surface area contributed by atoms with Crippen molar-refractivity contribution in [3.05, 3.63) is 33.9 Å². The minimum atomic E-state index is -0.703. The molecule has 1 aromatic carbocycles. The van der Waals surface area contributed by atoms with E-state index in [9.17, 15) is 15.4 Å². The number of nitro benzene ring substituents is 1. The zero-order valence-corrected chi connectivity index (χ0v) is 12.3. The molecule has 1 saturated carbocycles. The number of nitriles is 1. The number of nitrogens with zero attached hydrogens (tertiary/aromatic N) is 2. The van der Waals surface area contributed by atoms with Gasteiger partial charge in [-0.25, -0.2) is 0 Å². The maximum Gasteiger partial charge on any atom is 0.273 e. The first-order chi connectivity index (χ1) is 10.0. The van der Waals surface area contributed by atoms with Crippen LogP contribution in [-0.2, 0) is 0 Å². The molecule has 0 aromatic heterocycles. The molecule has 0 heterocycles. The van der Waals surface area contributed by atoms with Gasteiger partial charge < -0.3 is 4.74 Å². The molecule has 1 aliphatic rings. The highest BCUT2D eigenvalue weighted by atomic mass is 16.6. The summed E-state index contributed by atoms with van der Waals surface area (Å²) >= 11 is 0. The van der Waals surface area contributed by atoms with Gasteiger partial charge in [0.25, 0.3) is 5.69 Å². The molecule has 21 heavy (non-hydrogen) atoms. The molecule has 2 rings (SSSR count). The minimum Gasteiger partial charge on any atom is -0.490 e. The molecular weight excluding hydrogens is 270 g/mol. The summed E-state index contributed by atoms with van der Waals surface area (Å²) in [5.41, 5.74) is 0.110. The lowest BCUT2D eigenvalue weighted by molar-refractivity contribution is -0.385. The standard InChI is InChI=1S/C15H19N3O3/c1-3-17-15(9-16,12-5-6-12)10-21-14-8-13(18(19)20)7-4-11(14)2/h4,7-8,12,17H,3,5-6,10H2,1-2H3. The second kappa shape index (κ2) is 6.10. The summed E-state index contributed by atoms with van der Waals surface area (Å²) < 4.78 is 5.75. The van der Waals surface area contributed by atoms with Crippen molar-refractivity contribution in [2.75, 3.05) is 13.2 Å². The molecule has 6 heteroatoms. The minimum absolute atomic E-state index is 0.00645. The van der Waals surface area contributed by atoms with E-state index in [-0.39, 0.29) is 12.3 Å². The maximum absolute atomic E-state index is 10.8. The van der Waals surface area contributed by atoms with Gasteiger partial charge in [-0.2, -0.15) is 5.26 Å². The third kappa shape index (κ3) is 3.31. The van der Waals surface area contributed by atoms with E-state index in [2.05, 4.69) is 11.4 Å². The number of aryl methyl sites for hydroxylation is 1. The summed E-state index contributed by atoms with van der Waals surface area (Å²) in [6, 6.07) is 6.86. The Kier molecular flexibility index (Phi) is 4.43. The van der Waals surface area contributed by atoms with Crippen LogP contribution in [0.5, 0.6) is 5.75 Å².